The molecule has 1 unspecified atom stereocenters. The van der Waals surface area contributed by atoms with Crippen LogP contribution in [0.5, 0.6) is 0 Å². The Hall–Kier alpha value is -0.0500. The molecule has 1 aliphatic carbocycles. The summed E-state index contributed by atoms with van der Waals surface area (Å²) in [5, 5.41) is 0. The molecule has 3 heteroatoms. The molecule has 0 saturated carbocycles. The van der Waals surface area contributed by atoms with Crippen LogP contribution in [0.15, 0.2) is 22.7 Å². The summed E-state index contributed by atoms with van der Waals surface area (Å²) in [5.41, 5.74) is 8.74. The van der Waals surface area contributed by atoms with Gasteiger partial charge in [0, 0.05) is 10.5 Å². The Labute approximate surface area is 93.2 Å². The Kier molecular flexibility index (Phi) is 3.77. The maximum absolute atomic E-state index is 5.98. The van der Waals surface area contributed by atoms with Crippen LogP contribution in [0.1, 0.15) is 30.0 Å². The molecule has 0 spiro atoms. The van der Waals surface area contributed by atoms with Crippen molar-refractivity contribution in [2.75, 3.05) is 0 Å². The first-order valence-electron chi connectivity index (χ1n) is 4.31. The number of hydrogen-bond donors (Lipinski definition) is 1. The van der Waals surface area contributed by atoms with Crippen LogP contribution in [0.3, 0.4) is 0 Å². The summed E-state index contributed by atoms with van der Waals surface area (Å²) in [6, 6.07) is 6.67. The average Bonchev–Trinajstić information content (AvgIpc) is 2.04. The van der Waals surface area contributed by atoms with Gasteiger partial charge in [-0.15, -0.1) is 12.4 Å². The quantitative estimate of drug-likeness (QED) is 0.763. The van der Waals surface area contributed by atoms with Gasteiger partial charge in [-0.25, -0.2) is 0 Å². The normalized spacial score (nSPS) is 20.3. The lowest BCUT2D eigenvalue weighted by molar-refractivity contribution is 0.570. The molecule has 1 aromatic rings. The lowest BCUT2D eigenvalue weighted by Gasteiger charge is -2.21. The third-order valence-electron chi connectivity index (χ3n) is 2.47. The average molecular weight is 263 g/mol. The summed E-state index contributed by atoms with van der Waals surface area (Å²) < 4.78 is 1.16. The molecule has 0 radical (unpaired) electrons. The van der Waals surface area contributed by atoms with Crippen molar-refractivity contribution in [2.24, 2.45) is 5.73 Å². The minimum absolute atomic E-state index is 0. The molecule has 0 aromatic heterocycles. The van der Waals surface area contributed by atoms with Crippen LogP contribution in [0, 0.1) is 0 Å². The SMILES string of the molecule is Cl.NC1CCCc2cc(Br)ccc21. The fourth-order valence-electron chi connectivity index (χ4n) is 1.82. The first-order chi connectivity index (χ1) is 5.77. The van der Waals surface area contributed by atoms with E-state index in [0.717, 1.165) is 10.9 Å². The smallest absolute Gasteiger partial charge is 0.0297 e. The number of nitrogens with two attached hydrogens (primary N) is 1. The standard InChI is InChI=1S/C10H12BrN.ClH/c11-8-4-5-9-7(6-8)2-1-3-10(9)12;/h4-6,10H,1-3,12H2;1H. The van der Waals surface area contributed by atoms with Gasteiger partial charge in [0.2, 0.25) is 0 Å². The van der Waals surface area contributed by atoms with Crippen LogP contribution in [0.2, 0.25) is 0 Å². The summed E-state index contributed by atoms with van der Waals surface area (Å²) in [7, 11) is 0. The highest BCUT2D eigenvalue weighted by Gasteiger charge is 2.15. The Bertz CT molecular complexity index is 301. The van der Waals surface area contributed by atoms with E-state index in [0.29, 0.717) is 0 Å². The molecule has 1 atom stereocenters. The molecule has 72 valence electrons. The fraction of sp³-hybridized carbons (Fsp3) is 0.400. The molecule has 2 N–H and O–H groups in total. The zero-order chi connectivity index (χ0) is 8.55. The molecule has 2 rings (SSSR count). The minimum Gasteiger partial charge on any atom is -0.324 e. The van der Waals surface area contributed by atoms with Crippen LogP contribution in [-0.2, 0) is 6.42 Å². The van der Waals surface area contributed by atoms with E-state index in [1.54, 1.807) is 0 Å². The number of rotatable bonds is 0. The van der Waals surface area contributed by atoms with Gasteiger partial charge in [-0.3, -0.25) is 0 Å². The van der Waals surface area contributed by atoms with Crippen molar-refractivity contribution in [3.05, 3.63) is 33.8 Å². The Balaban J connectivity index is 0.000000845. The lowest BCUT2D eigenvalue weighted by Crippen LogP contribution is -2.17. The second-order valence-electron chi connectivity index (χ2n) is 3.34. The molecule has 0 heterocycles. The molecule has 1 aromatic carbocycles. The highest BCUT2D eigenvalue weighted by Crippen LogP contribution is 2.29. The van der Waals surface area contributed by atoms with Crippen LogP contribution >= 0.6 is 28.3 Å². The maximum atomic E-state index is 5.98. The number of aryl methyl sites for hydroxylation is 1. The molecule has 0 bridgehead atoms. The summed E-state index contributed by atoms with van der Waals surface area (Å²) in [4.78, 5) is 0. The number of halogens is 2. The molecule has 1 nitrogen and oxygen atoms in total. The van der Waals surface area contributed by atoms with Crippen LogP contribution < -0.4 is 5.73 Å². The van der Waals surface area contributed by atoms with E-state index in [4.69, 9.17) is 5.73 Å². The molecule has 1 aliphatic rings. The number of fused-ring (bicyclic) bond motifs is 1. The van der Waals surface area contributed by atoms with Crippen LogP contribution in [0.4, 0.5) is 0 Å². The van der Waals surface area contributed by atoms with Crippen molar-refractivity contribution in [3.63, 3.8) is 0 Å². The van der Waals surface area contributed by atoms with Crippen molar-refractivity contribution in [3.8, 4) is 0 Å². The predicted molar refractivity (Wildman–Crippen MR) is 61.3 cm³/mol. The van der Waals surface area contributed by atoms with Crippen molar-refractivity contribution < 1.29 is 0 Å². The zero-order valence-corrected chi connectivity index (χ0v) is 9.70. The molecule has 13 heavy (non-hydrogen) atoms. The van der Waals surface area contributed by atoms with Gasteiger partial charge in [0.25, 0.3) is 0 Å². The van der Waals surface area contributed by atoms with E-state index in [9.17, 15) is 0 Å². The third-order valence-corrected chi connectivity index (χ3v) is 2.96. The van der Waals surface area contributed by atoms with Crippen molar-refractivity contribution in [2.45, 2.75) is 25.3 Å². The summed E-state index contributed by atoms with van der Waals surface area (Å²) in [6.07, 6.45) is 3.54. The van der Waals surface area contributed by atoms with Crippen molar-refractivity contribution >= 4 is 28.3 Å². The largest absolute Gasteiger partial charge is 0.324 e. The van der Waals surface area contributed by atoms with Gasteiger partial charge in [-0.05, 0) is 42.5 Å². The van der Waals surface area contributed by atoms with Gasteiger partial charge in [-0.1, -0.05) is 22.0 Å². The summed E-state index contributed by atoms with van der Waals surface area (Å²) >= 11 is 3.47. The molecule has 0 saturated heterocycles. The van der Waals surface area contributed by atoms with Crippen LogP contribution in [-0.4, -0.2) is 0 Å². The predicted octanol–water partition coefficient (Wildman–Crippen LogP) is 3.21. The monoisotopic (exact) mass is 261 g/mol. The van der Waals surface area contributed by atoms with E-state index in [-0.39, 0.29) is 18.4 Å². The van der Waals surface area contributed by atoms with Crippen LogP contribution in [0.25, 0.3) is 0 Å². The Morgan fingerprint density at radius 3 is 2.92 bits per heavy atom. The van der Waals surface area contributed by atoms with E-state index < -0.39 is 0 Å². The molecule has 0 fully saturated rings. The summed E-state index contributed by atoms with van der Waals surface area (Å²) in [6.45, 7) is 0. The van der Waals surface area contributed by atoms with Gasteiger partial charge in [0.1, 0.15) is 0 Å². The zero-order valence-electron chi connectivity index (χ0n) is 7.29. The minimum atomic E-state index is 0. The van der Waals surface area contributed by atoms with Crippen molar-refractivity contribution in [1.82, 2.24) is 0 Å². The molecule has 0 aliphatic heterocycles. The van der Waals surface area contributed by atoms with E-state index in [1.807, 2.05) is 0 Å². The van der Waals surface area contributed by atoms with Gasteiger partial charge < -0.3 is 5.73 Å². The fourth-order valence-corrected chi connectivity index (χ4v) is 2.23. The van der Waals surface area contributed by atoms with E-state index in [2.05, 4.69) is 34.1 Å². The topological polar surface area (TPSA) is 26.0 Å². The first kappa shape index (κ1) is 11.0. The second kappa shape index (κ2) is 4.45. The number of benzene rings is 1. The highest BCUT2D eigenvalue weighted by atomic mass is 79.9. The third kappa shape index (κ3) is 2.25. The molecule has 0 amide bonds. The lowest BCUT2D eigenvalue weighted by atomic mass is 9.88. The molecular weight excluding hydrogens is 249 g/mol. The highest BCUT2D eigenvalue weighted by molar-refractivity contribution is 9.10. The summed E-state index contributed by atoms with van der Waals surface area (Å²) in [5.74, 6) is 0. The maximum Gasteiger partial charge on any atom is 0.0297 e. The van der Waals surface area contributed by atoms with E-state index in [1.165, 1.54) is 24.0 Å². The second-order valence-corrected chi connectivity index (χ2v) is 4.26. The Morgan fingerprint density at radius 1 is 1.38 bits per heavy atom. The van der Waals surface area contributed by atoms with Crippen molar-refractivity contribution in [1.29, 1.82) is 0 Å². The van der Waals surface area contributed by atoms with Gasteiger partial charge in [0.15, 0.2) is 0 Å². The van der Waals surface area contributed by atoms with Gasteiger partial charge >= 0.3 is 0 Å². The van der Waals surface area contributed by atoms with Gasteiger partial charge in [0.05, 0.1) is 0 Å². The van der Waals surface area contributed by atoms with Gasteiger partial charge in [-0.2, -0.15) is 0 Å². The van der Waals surface area contributed by atoms with E-state index >= 15 is 0 Å². The molecular formula is C10H13BrClN. The Morgan fingerprint density at radius 2 is 2.15 bits per heavy atom. The first-order valence-corrected chi connectivity index (χ1v) is 5.10. The number of hydrogen-bond acceptors (Lipinski definition) is 1.